The van der Waals surface area contributed by atoms with Crippen molar-refractivity contribution >= 4 is 28.1 Å². The second kappa shape index (κ2) is 6.99. The molecule has 0 saturated carbocycles. The van der Waals surface area contributed by atoms with Gasteiger partial charge in [0.05, 0.1) is 5.69 Å². The molecule has 1 amide bonds. The third-order valence-corrected chi connectivity index (χ3v) is 3.72. The number of thiazole rings is 1. The number of benzene rings is 1. The maximum Gasteiger partial charge on any atom is 0.405 e. The lowest BCUT2D eigenvalue weighted by atomic mass is 10.1. The normalized spacial score (nSPS) is 11.6. The molecule has 124 valence electrons. The van der Waals surface area contributed by atoms with E-state index in [-0.39, 0.29) is 17.0 Å². The van der Waals surface area contributed by atoms with E-state index in [0.717, 1.165) is 16.9 Å². The summed E-state index contributed by atoms with van der Waals surface area (Å²) < 4.78 is 36.5. The Hall–Kier alpha value is -2.09. The fraction of sp³-hybridized carbons (Fsp3) is 0.333. The molecule has 1 aromatic heterocycles. The number of nitrogens with one attached hydrogen (secondary N) is 2. The molecule has 0 unspecified atom stereocenters. The Morgan fingerprint density at radius 2 is 1.91 bits per heavy atom. The van der Waals surface area contributed by atoms with Crippen LogP contribution in [-0.4, -0.2) is 23.6 Å². The summed E-state index contributed by atoms with van der Waals surface area (Å²) in [6, 6.07) is 6.99. The minimum atomic E-state index is -4.28. The predicted octanol–water partition coefficient (Wildman–Crippen LogP) is 4.38. The van der Waals surface area contributed by atoms with Crippen molar-refractivity contribution in [2.75, 3.05) is 17.2 Å². The fourth-order valence-corrected chi connectivity index (χ4v) is 2.39. The summed E-state index contributed by atoms with van der Waals surface area (Å²) in [5, 5.41) is 6.92. The van der Waals surface area contributed by atoms with Gasteiger partial charge in [-0.05, 0) is 12.1 Å². The number of aromatic nitrogens is 1. The van der Waals surface area contributed by atoms with Crippen LogP contribution in [0.4, 0.5) is 24.0 Å². The van der Waals surface area contributed by atoms with Crippen molar-refractivity contribution < 1.29 is 18.0 Å². The number of carbonyl (C=O) groups is 1. The highest BCUT2D eigenvalue weighted by atomic mass is 32.1. The van der Waals surface area contributed by atoms with Crippen molar-refractivity contribution in [3.63, 3.8) is 0 Å². The van der Waals surface area contributed by atoms with E-state index in [1.54, 1.807) is 43.5 Å². The molecule has 23 heavy (non-hydrogen) atoms. The first-order chi connectivity index (χ1) is 10.7. The molecular formula is C15H16F3N3OS. The first kappa shape index (κ1) is 17.3. The quantitative estimate of drug-likeness (QED) is 0.847. The van der Waals surface area contributed by atoms with Crippen molar-refractivity contribution in [2.24, 2.45) is 5.92 Å². The van der Waals surface area contributed by atoms with E-state index in [0.29, 0.717) is 11.4 Å². The summed E-state index contributed by atoms with van der Waals surface area (Å²) in [6.07, 6.45) is -4.28. The average molecular weight is 343 g/mol. The number of nitrogens with zero attached hydrogens (tertiary/aromatic N) is 1. The standard InChI is InChI=1S/C15H16F3N3OS/c1-9(2)13(22)20-11-5-3-10(4-6-11)12-7-23-14(21-12)19-8-15(16,17)18/h3-7,9H,8H2,1-2H3,(H,19,21)(H,20,22). The van der Waals surface area contributed by atoms with Crippen LogP contribution in [0.5, 0.6) is 0 Å². The number of rotatable bonds is 5. The van der Waals surface area contributed by atoms with E-state index in [1.807, 2.05) is 0 Å². The molecule has 0 aliphatic rings. The average Bonchev–Trinajstić information content (AvgIpc) is 2.94. The molecule has 8 heteroatoms. The molecule has 0 fully saturated rings. The summed E-state index contributed by atoms with van der Waals surface area (Å²) in [4.78, 5) is 15.7. The predicted molar refractivity (Wildman–Crippen MR) is 85.6 cm³/mol. The fourth-order valence-electron chi connectivity index (χ4n) is 1.67. The van der Waals surface area contributed by atoms with Crippen LogP contribution >= 0.6 is 11.3 Å². The molecule has 0 spiro atoms. The van der Waals surface area contributed by atoms with Gasteiger partial charge in [0.1, 0.15) is 6.54 Å². The molecule has 2 aromatic rings. The smallest absolute Gasteiger partial charge is 0.352 e. The third kappa shape index (κ3) is 5.24. The Labute approximate surface area is 135 Å². The zero-order valence-electron chi connectivity index (χ0n) is 12.6. The number of hydrogen-bond acceptors (Lipinski definition) is 4. The highest BCUT2D eigenvalue weighted by Crippen LogP contribution is 2.27. The largest absolute Gasteiger partial charge is 0.405 e. The van der Waals surface area contributed by atoms with E-state index in [1.165, 1.54) is 0 Å². The zero-order chi connectivity index (χ0) is 17.0. The Balaban J connectivity index is 2.02. The molecule has 0 saturated heterocycles. The summed E-state index contributed by atoms with van der Waals surface area (Å²) in [6.45, 7) is 2.49. The van der Waals surface area contributed by atoms with E-state index in [4.69, 9.17) is 0 Å². The van der Waals surface area contributed by atoms with Gasteiger partial charge in [0.25, 0.3) is 0 Å². The first-order valence-electron chi connectivity index (χ1n) is 6.92. The molecular weight excluding hydrogens is 327 g/mol. The molecule has 1 aromatic carbocycles. The monoisotopic (exact) mass is 343 g/mol. The second-order valence-corrected chi connectivity index (χ2v) is 6.09. The zero-order valence-corrected chi connectivity index (χ0v) is 13.4. The van der Waals surface area contributed by atoms with Gasteiger partial charge in [0.15, 0.2) is 5.13 Å². The van der Waals surface area contributed by atoms with E-state index in [9.17, 15) is 18.0 Å². The second-order valence-electron chi connectivity index (χ2n) is 5.23. The van der Waals surface area contributed by atoms with Gasteiger partial charge in [0, 0.05) is 22.5 Å². The molecule has 0 aliphatic carbocycles. The van der Waals surface area contributed by atoms with Crippen molar-refractivity contribution in [1.82, 2.24) is 4.98 Å². The molecule has 1 heterocycles. The van der Waals surface area contributed by atoms with Crippen molar-refractivity contribution in [3.8, 4) is 11.3 Å². The summed E-state index contributed by atoms with van der Waals surface area (Å²) in [5.74, 6) is -0.194. The van der Waals surface area contributed by atoms with Crippen LogP contribution in [0.25, 0.3) is 11.3 Å². The summed E-state index contributed by atoms with van der Waals surface area (Å²) >= 11 is 1.11. The number of hydrogen-bond donors (Lipinski definition) is 2. The van der Waals surface area contributed by atoms with Crippen molar-refractivity contribution in [3.05, 3.63) is 29.6 Å². The van der Waals surface area contributed by atoms with E-state index >= 15 is 0 Å². The third-order valence-electron chi connectivity index (χ3n) is 2.92. The van der Waals surface area contributed by atoms with Gasteiger partial charge in [-0.15, -0.1) is 11.3 Å². The Morgan fingerprint density at radius 1 is 1.26 bits per heavy atom. The van der Waals surface area contributed by atoms with Gasteiger partial charge in [-0.25, -0.2) is 4.98 Å². The van der Waals surface area contributed by atoms with Crippen LogP contribution in [0.15, 0.2) is 29.6 Å². The molecule has 2 rings (SSSR count). The number of carbonyl (C=O) groups excluding carboxylic acids is 1. The minimum Gasteiger partial charge on any atom is -0.352 e. The lowest BCUT2D eigenvalue weighted by Crippen LogP contribution is -2.21. The molecule has 4 nitrogen and oxygen atoms in total. The summed E-state index contributed by atoms with van der Waals surface area (Å²) in [5.41, 5.74) is 2.02. The van der Waals surface area contributed by atoms with Crippen LogP contribution in [0.2, 0.25) is 0 Å². The number of alkyl halides is 3. The number of amides is 1. The first-order valence-corrected chi connectivity index (χ1v) is 7.80. The Bertz CT molecular complexity index is 665. The maximum absolute atomic E-state index is 12.2. The van der Waals surface area contributed by atoms with Crippen molar-refractivity contribution in [2.45, 2.75) is 20.0 Å². The van der Waals surface area contributed by atoms with Gasteiger partial charge in [0.2, 0.25) is 5.91 Å². The van der Waals surface area contributed by atoms with Crippen LogP contribution < -0.4 is 10.6 Å². The topological polar surface area (TPSA) is 54.0 Å². The van der Waals surface area contributed by atoms with Crippen LogP contribution in [-0.2, 0) is 4.79 Å². The Morgan fingerprint density at radius 3 is 2.48 bits per heavy atom. The lowest BCUT2D eigenvalue weighted by molar-refractivity contribution is -0.119. The van der Waals surface area contributed by atoms with Crippen molar-refractivity contribution in [1.29, 1.82) is 0 Å². The number of halogens is 3. The molecule has 0 atom stereocenters. The molecule has 0 bridgehead atoms. The molecule has 2 N–H and O–H groups in total. The SMILES string of the molecule is CC(C)C(=O)Nc1ccc(-c2csc(NCC(F)(F)F)n2)cc1. The van der Waals surface area contributed by atoms with Crippen LogP contribution in [0, 0.1) is 5.92 Å². The molecule has 0 aliphatic heterocycles. The highest BCUT2D eigenvalue weighted by Gasteiger charge is 2.27. The number of anilines is 2. The van der Waals surface area contributed by atoms with Gasteiger partial charge >= 0.3 is 6.18 Å². The molecule has 0 radical (unpaired) electrons. The van der Waals surface area contributed by atoms with Gasteiger partial charge < -0.3 is 10.6 Å². The minimum absolute atomic E-state index is 0.0787. The van der Waals surface area contributed by atoms with Crippen LogP contribution in [0.1, 0.15) is 13.8 Å². The maximum atomic E-state index is 12.2. The highest BCUT2D eigenvalue weighted by molar-refractivity contribution is 7.14. The van der Waals surface area contributed by atoms with Crippen LogP contribution in [0.3, 0.4) is 0 Å². The van der Waals surface area contributed by atoms with Gasteiger partial charge in [-0.2, -0.15) is 13.2 Å². The van der Waals surface area contributed by atoms with Gasteiger partial charge in [-0.3, -0.25) is 4.79 Å². The van der Waals surface area contributed by atoms with E-state index < -0.39 is 12.7 Å². The Kier molecular flexibility index (Phi) is 5.25. The van der Waals surface area contributed by atoms with Gasteiger partial charge in [-0.1, -0.05) is 26.0 Å². The summed E-state index contributed by atoms with van der Waals surface area (Å²) in [7, 11) is 0. The lowest BCUT2D eigenvalue weighted by Gasteiger charge is -2.08. The van der Waals surface area contributed by atoms with E-state index in [2.05, 4.69) is 15.6 Å².